The Labute approximate surface area is 150 Å². The molecule has 2 aromatic rings. The van der Waals surface area contributed by atoms with E-state index in [0.717, 1.165) is 11.1 Å². The summed E-state index contributed by atoms with van der Waals surface area (Å²) in [6.45, 7) is 1.94. The molecule has 1 unspecified atom stereocenters. The summed E-state index contributed by atoms with van der Waals surface area (Å²) in [6, 6.07) is 8.95. The van der Waals surface area contributed by atoms with Gasteiger partial charge in [0.15, 0.2) is 6.10 Å². The van der Waals surface area contributed by atoms with Crippen molar-refractivity contribution in [3.63, 3.8) is 0 Å². The first-order chi connectivity index (χ1) is 12.6. The van der Waals surface area contributed by atoms with Gasteiger partial charge in [0.25, 0.3) is 0 Å². The fraction of sp³-hybridized carbons (Fsp3) is 0.368. The third kappa shape index (κ3) is 2.69. The number of benzene rings is 1. The molecule has 0 spiro atoms. The minimum atomic E-state index is -0.572. The maximum Gasteiger partial charge on any atom is 0.415 e. The summed E-state index contributed by atoms with van der Waals surface area (Å²) < 4.78 is 11.0. The Hall–Kier alpha value is -2.64. The van der Waals surface area contributed by atoms with E-state index in [2.05, 4.69) is 4.98 Å². The Balaban J connectivity index is 1.64. The van der Waals surface area contributed by atoms with Crippen molar-refractivity contribution in [2.24, 2.45) is 0 Å². The highest BCUT2D eigenvalue weighted by atomic mass is 16.6. The minimum absolute atomic E-state index is 0.231. The fourth-order valence-electron chi connectivity index (χ4n) is 3.35. The van der Waals surface area contributed by atoms with Gasteiger partial charge in [0.1, 0.15) is 18.4 Å². The molecular weight excluding hydrogens is 336 g/mol. The van der Waals surface area contributed by atoms with Crippen LogP contribution in [0.15, 0.2) is 36.5 Å². The van der Waals surface area contributed by atoms with Crippen molar-refractivity contribution >= 4 is 11.8 Å². The average Bonchev–Trinajstić information content (AvgIpc) is 3.03. The summed E-state index contributed by atoms with van der Waals surface area (Å²) in [7, 11) is 0. The lowest BCUT2D eigenvalue weighted by atomic mass is 10.0. The number of ether oxygens (including phenoxy) is 2. The number of cyclic esters (lactones) is 1. The zero-order chi connectivity index (χ0) is 18.3. The van der Waals surface area contributed by atoms with Gasteiger partial charge in [0.05, 0.1) is 24.1 Å². The zero-order valence-corrected chi connectivity index (χ0v) is 14.3. The molecule has 7 heteroatoms. The van der Waals surface area contributed by atoms with E-state index in [1.807, 2.05) is 37.3 Å². The summed E-state index contributed by atoms with van der Waals surface area (Å²) in [6.07, 6.45) is 0.727. The molecule has 2 aliphatic rings. The first-order valence-corrected chi connectivity index (χ1v) is 8.64. The molecule has 1 aromatic heterocycles. The van der Waals surface area contributed by atoms with E-state index < -0.39 is 18.3 Å². The van der Waals surface area contributed by atoms with E-state index >= 15 is 0 Å². The molecule has 136 valence electrons. The number of fused-ring (bicyclic) bond motifs is 3. The van der Waals surface area contributed by atoms with E-state index in [-0.39, 0.29) is 19.3 Å². The normalized spacial score (nSPS) is 22.3. The van der Waals surface area contributed by atoms with Crippen LogP contribution in [0.1, 0.15) is 25.1 Å². The van der Waals surface area contributed by atoms with E-state index in [1.165, 1.54) is 0 Å². The molecule has 0 saturated carbocycles. The predicted molar refractivity (Wildman–Crippen MR) is 94.0 cm³/mol. The second kappa shape index (κ2) is 6.59. The Bertz CT molecular complexity index is 823. The molecule has 26 heavy (non-hydrogen) atoms. The van der Waals surface area contributed by atoms with Gasteiger partial charge in [-0.3, -0.25) is 9.88 Å². The number of rotatable bonds is 4. The third-order valence-electron chi connectivity index (χ3n) is 4.87. The highest BCUT2D eigenvalue weighted by Gasteiger charge is 2.46. The van der Waals surface area contributed by atoms with Crippen LogP contribution in [0.25, 0.3) is 11.1 Å². The number of aliphatic hydroxyl groups is 2. The van der Waals surface area contributed by atoms with Crippen molar-refractivity contribution in [3.8, 4) is 16.9 Å². The van der Waals surface area contributed by atoms with Crippen LogP contribution < -0.4 is 9.64 Å². The number of hydrogen-bond acceptors (Lipinski definition) is 6. The molecule has 1 aromatic carbocycles. The number of nitrogens with zero attached hydrogens (tertiary/aromatic N) is 2. The van der Waals surface area contributed by atoms with Gasteiger partial charge >= 0.3 is 6.09 Å². The van der Waals surface area contributed by atoms with E-state index in [9.17, 15) is 15.0 Å². The van der Waals surface area contributed by atoms with Crippen LogP contribution in [0.4, 0.5) is 10.5 Å². The summed E-state index contributed by atoms with van der Waals surface area (Å²) >= 11 is 0. The van der Waals surface area contributed by atoms with E-state index in [0.29, 0.717) is 23.6 Å². The second-order valence-corrected chi connectivity index (χ2v) is 6.43. The van der Waals surface area contributed by atoms with Gasteiger partial charge in [-0.05, 0) is 30.2 Å². The minimum Gasteiger partial charge on any atom is -0.489 e. The third-order valence-corrected chi connectivity index (χ3v) is 4.87. The number of amides is 1. The number of anilines is 1. The Morgan fingerprint density at radius 2 is 2.12 bits per heavy atom. The largest absolute Gasteiger partial charge is 0.489 e. The second-order valence-electron chi connectivity index (χ2n) is 6.43. The first-order valence-electron chi connectivity index (χ1n) is 8.64. The van der Waals surface area contributed by atoms with Crippen molar-refractivity contribution in [1.29, 1.82) is 0 Å². The fourth-order valence-corrected chi connectivity index (χ4v) is 3.35. The lowest BCUT2D eigenvalue weighted by Crippen LogP contribution is -2.45. The van der Waals surface area contributed by atoms with Crippen LogP contribution >= 0.6 is 0 Å². The molecule has 3 heterocycles. The van der Waals surface area contributed by atoms with Crippen molar-refractivity contribution in [2.75, 3.05) is 18.1 Å². The van der Waals surface area contributed by atoms with Crippen molar-refractivity contribution in [1.82, 2.24) is 4.98 Å². The van der Waals surface area contributed by atoms with Crippen LogP contribution in [0.3, 0.4) is 0 Å². The van der Waals surface area contributed by atoms with E-state index in [1.54, 1.807) is 11.1 Å². The smallest absolute Gasteiger partial charge is 0.415 e. The summed E-state index contributed by atoms with van der Waals surface area (Å²) in [5, 5.41) is 19.2. The van der Waals surface area contributed by atoms with Gasteiger partial charge in [-0.25, -0.2) is 4.79 Å². The quantitative estimate of drug-likeness (QED) is 0.873. The highest BCUT2D eigenvalue weighted by molar-refractivity contribution is 5.94. The number of aliphatic hydroxyl groups excluding tert-OH is 2. The molecule has 7 nitrogen and oxygen atoms in total. The van der Waals surface area contributed by atoms with Crippen LogP contribution in [0.2, 0.25) is 0 Å². The van der Waals surface area contributed by atoms with Crippen molar-refractivity contribution < 1.29 is 24.5 Å². The molecular formula is C19H20N2O5. The summed E-state index contributed by atoms with van der Waals surface area (Å²) in [5.74, 6) is 0.590. The number of aromatic nitrogens is 1. The molecule has 3 atom stereocenters. The van der Waals surface area contributed by atoms with Crippen molar-refractivity contribution in [3.05, 3.63) is 42.2 Å². The molecule has 1 fully saturated rings. The molecule has 1 saturated heterocycles. The molecule has 2 aliphatic heterocycles. The van der Waals surface area contributed by atoms with Crippen LogP contribution in [0.5, 0.6) is 5.75 Å². The van der Waals surface area contributed by atoms with Gasteiger partial charge in [-0.1, -0.05) is 19.1 Å². The Morgan fingerprint density at radius 3 is 2.81 bits per heavy atom. The Kier molecular flexibility index (Phi) is 4.26. The molecule has 4 rings (SSSR count). The highest BCUT2D eigenvalue weighted by Crippen LogP contribution is 2.40. The van der Waals surface area contributed by atoms with Gasteiger partial charge in [0.2, 0.25) is 0 Å². The Morgan fingerprint density at radius 1 is 1.31 bits per heavy atom. The van der Waals surface area contributed by atoms with Crippen LogP contribution in [0, 0.1) is 0 Å². The van der Waals surface area contributed by atoms with Crippen LogP contribution in [-0.2, 0) is 4.74 Å². The molecule has 1 amide bonds. The SMILES string of the molecule is CCC(O)c1ccc(-c2ccc3c(c2)OC[C@H]2[C@H](CO)OC(=O)N32)cn1. The molecule has 0 bridgehead atoms. The van der Waals surface area contributed by atoms with Gasteiger partial charge in [0, 0.05) is 11.8 Å². The lowest BCUT2D eigenvalue weighted by molar-refractivity contribution is 0.0734. The summed E-state index contributed by atoms with van der Waals surface area (Å²) in [4.78, 5) is 18.0. The first kappa shape index (κ1) is 16.8. The topological polar surface area (TPSA) is 92.1 Å². The molecule has 0 aliphatic carbocycles. The molecule has 0 radical (unpaired) electrons. The maximum atomic E-state index is 12.1. The van der Waals surface area contributed by atoms with Crippen molar-refractivity contribution in [2.45, 2.75) is 31.6 Å². The number of carbonyl (C=O) groups excluding carboxylic acids is 1. The summed E-state index contributed by atoms with van der Waals surface area (Å²) in [5.41, 5.74) is 3.07. The number of pyridine rings is 1. The molecule has 2 N–H and O–H groups in total. The van der Waals surface area contributed by atoms with Gasteiger partial charge < -0.3 is 19.7 Å². The zero-order valence-electron chi connectivity index (χ0n) is 14.3. The average molecular weight is 356 g/mol. The van der Waals surface area contributed by atoms with Gasteiger partial charge in [-0.2, -0.15) is 0 Å². The standard InChI is InChI=1S/C19H20N2O5/c1-2-16(23)13-5-3-12(8-20-13)11-4-6-14-17(7-11)25-10-15-18(9-22)26-19(24)21(14)15/h3-8,15-16,18,22-23H,2,9-10H2,1H3/t15-,16?,18-/m0/s1. The van der Waals surface area contributed by atoms with Crippen LogP contribution in [-0.4, -0.2) is 46.6 Å². The number of carbonyl (C=O) groups is 1. The predicted octanol–water partition coefficient (Wildman–Crippen LogP) is 2.27. The number of hydrogen-bond donors (Lipinski definition) is 2. The monoisotopic (exact) mass is 356 g/mol. The van der Waals surface area contributed by atoms with E-state index in [4.69, 9.17) is 9.47 Å². The maximum absolute atomic E-state index is 12.1. The lowest BCUT2D eigenvalue weighted by Gasteiger charge is -2.31. The van der Waals surface area contributed by atoms with Gasteiger partial charge in [-0.15, -0.1) is 0 Å².